The lowest BCUT2D eigenvalue weighted by Gasteiger charge is -2.38. The van der Waals surface area contributed by atoms with E-state index in [0.717, 1.165) is 36.3 Å². The quantitative estimate of drug-likeness (QED) is 0.868. The summed E-state index contributed by atoms with van der Waals surface area (Å²) in [5.41, 5.74) is 0.921. The fourth-order valence-corrected chi connectivity index (χ4v) is 2.96. The van der Waals surface area contributed by atoms with E-state index in [1.165, 1.54) is 6.42 Å². The Hall–Kier alpha value is -1.22. The molecule has 104 valence electrons. The minimum atomic E-state index is -0.234. The molecule has 3 nitrogen and oxygen atoms in total. The van der Waals surface area contributed by atoms with E-state index in [2.05, 4.69) is 10.6 Å². The Kier molecular flexibility index (Phi) is 4.70. The summed E-state index contributed by atoms with van der Waals surface area (Å²) in [6.07, 6.45) is 5.52. The number of urea groups is 1. The molecular formula is C15H21ClN2O. The standard InChI is InChI=1S/C15H21ClN2O/c1-2-17-14(19)18-15(10-4-3-5-11-15)12-6-8-13(16)9-7-12/h6-9H,2-5,10-11H2,1H3,(H2,17,18,19). The first-order valence-corrected chi connectivity index (χ1v) is 7.36. The van der Waals surface area contributed by atoms with Crippen molar-refractivity contribution in [3.05, 3.63) is 34.9 Å². The molecule has 1 aromatic carbocycles. The Morgan fingerprint density at radius 1 is 1.21 bits per heavy atom. The van der Waals surface area contributed by atoms with Gasteiger partial charge in [-0.25, -0.2) is 4.79 Å². The molecule has 1 saturated carbocycles. The van der Waals surface area contributed by atoms with Gasteiger partial charge in [0, 0.05) is 11.6 Å². The predicted octanol–water partition coefficient (Wildman–Crippen LogP) is 3.82. The molecule has 2 rings (SSSR count). The zero-order valence-corrected chi connectivity index (χ0v) is 12.1. The van der Waals surface area contributed by atoms with E-state index in [4.69, 9.17) is 11.6 Å². The van der Waals surface area contributed by atoms with Gasteiger partial charge in [-0.2, -0.15) is 0 Å². The lowest BCUT2D eigenvalue weighted by atomic mass is 9.76. The van der Waals surface area contributed by atoms with Crippen molar-refractivity contribution in [3.8, 4) is 0 Å². The summed E-state index contributed by atoms with van der Waals surface area (Å²) in [6, 6.07) is 7.76. The van der Waals surface area contributed by atoms with Gasteiger partial charge in [0.05, 0.1) is 5.54 Å². The van der Waals surface area contributed by atoms with E-state index in [1.807, 2.05) is 31.2 Å². The lowest BCUT2D eigenvalue weighted by Crippen LogP contribution is -2.51. The van der Waals surface area contributed by atoms with Gasteiger partial charge in [-0.05, 0) is 37.5 Å². The highest BCUT2D eigenvalue weighted by atomic mass is 35.5. The van der Waals surface area contributed by atoms with E-state index in [-0.39, 0.29) is 11.6 Å². The second-order valence-electron chi connectivity index (χ2n) is 5.13. The number of carbonyl (C=O) groups is 1. The van der Waals surface area contributed by atoms with Crippen molar-refractivity contribution in [1.82, 2.24) is 10.6 Å². The van der Waals surface area contributed by atoms with Crippen LogP contribution in [0.2, 0.25) is 5.02 Å². The molecule has 19 heavy (non-hydrogen) atoms. The van der Waals surface area contributed by atoms with Crippen LogP contribution in [0.1, 0.15) is 44.6 Å². The van der Waals surface area contributed by atoms with Gasteiger partial charge in [0.25, 0.3) is 0 Å². The maximum atomic E-state index is 11.9. The van der Waals surface area contributed by atoms with E-state index in [0.29, 0.717) is 6.54 Å². The molecule has 0 aromatic heterocycles. The van der Waals surface area contributed by atoms with Crippen LogP contribution in [0.3, 0.4) is 0 Å². The maximum Gasteiger partial charge on any atom is 0.315 e. The Balaban J connectivity index is 2.23. The minimum absolute atomic E-state index is 0.0839. The molecule has 0 heterocycles. The second kappa shape index (κ2) is 6.29. The fourth-order valence-electron chi connectivity index (χ4n) is 2.83. The smallest absolute Gasteiger partial charge is 0.315 e. The van der Waals surface area contributed by atoms with Crippen LogP contribution in [-0.2, 0) is 5.54 Å². The van der Waals surface area contributed by atoms with E-state index < -0.39 is 0 Å². The highest BCUT2D eigenvalue weighted by molar-refractivity contribution is 6.30. The number of benzene rings is 1. The van der Waals surface area contributed by atoms with Crippen LogP contribution in [0.4, 0.5) is 4.79 Å². The van der Waals surface area contributed by atoms with Crippen molar-refractivity contribution in [2.75, 3.05) is 6.54 Å². The van der Waals surface area contributed by atoms with Gasteiger partial charge < -0.3 is 10.6 Å². The van der Waals surface area contributed by atoms with Crippen LogP contribution in [0.5, 0.6) is 0 Å². The molecule has 0 aliphatic heterocycles. The number of rotatable bonds is 3. The molecule has 0 radical (unpaired) electrons. The zero-order valence-electron chi connectivity index (χ0n) is 11.3. The number of carbonyl (C=O) groups excluding carboxylic acids is 1. The average Bonchev–Trinajstić information content (AvgIpc) is 2.40. The first-order valence-electron chi connectivity index (χ1n) is 6.98. The molecule has 4 heteroatoms. The minimum Gasteiger partial charge on any atom is -0.338 e. The molecule has 1 aromatic rings. The summed E-state index contributed by atoms with van der Waals surface area (Å²) in [5.74, 6) is 0. The Labute approximate surface area is 119 Å². The van der Waals surface area contributed by atoms with Crippen molar-refractivity contribution in [1.29, 1.82) is 0 Å². The second-order valence-corrected chi connectivity index (χ2v) is 5.57. The van der Waals surface area contributed by atoms with Crippen LogP contribution < -0.4 is 10.6 Å². The molecule has 1 aliphatic rings. The average molecular weight is 281 g/mol. The van der Waals surface area contributed by atoms with Gasteiger partial charge in [0.2, 0.25) is 0 Å². The van der Waals surface area contributed by atoms with Crippen molar-refractivity contribution in [2.45, 2.75) is 44.6 Å². The molecule has 1 fully saturated rings. The van der Waals surface area contributed by atoms with Crippen molar-refractivity contribution >= 4 is 17.6 Å². The molecule has 2 N–H and O–H groups in total. The number of nitrogens with one attached hydrogen (secondary N) is 2. The van der Waals surface area contributed by atoms with Gasteiger partial charge >= 0.3 is 6.03 Å². The largest absolute Gasteiger partial charge is 0.338 e. The number of hydrogen-bond donors (Lipinski definition) is 2. The predicted molar refractivity (Wildman–Crippen MR) is 78.4 cm³/mol. The van der Waals surface area contributed by atoms with Crippen LogP contribution in [0.25, 0.3) is 0 Å². The SMILES string of the molecule is CCNC(=O)NC1(c2ccc(Cl)cc2)CCCCC1. The molecule has 0 saturated heterocycles. The third-order valence-electron chi connectivity index (χ3n) is 3.79. The third-order valence-corrected chi connectivity index (χ3v) is 4.05. The van der Waals surface area contributed by atoms with Gasteiger partial charge in [0.1, 0.15) is 0 Å². The van der Waals surface area contributed by atoms with Crippen molar-refractivity contribution in [2.24, 2.45) is 0 Å². The van der Waals surface area contributed by atoms with Crippen LogP contribution >= 0.6 is 11.6 Å². The summed E-state index contributed by atoms with van der Waals surface area (Å²) in [5, 5.41) is 6.73. The van der Waals surface area contributed by atoms with Gasteiger partial charge in [0.15, 0.2) is 0 Å². The number of halogens is 1. The monoisotopic (exact) mass is 280 g/mol. The highest BCUT2D eigenvalue weighted by Gasteiger charge is 2.35. The summed E-state index contributed by atoms with van der Waals surface area (Å²) < 4.78 is 0. The molecular weight excluding hydrogens is 260 g/mol. The zero-order chi connectivity index (χ0) is 13.7. The highest BCUT2D eigenvalue weighted by Crippen LogP contribution is 2.37. The molecule has 0 spiro atoms. The molecule has 0 atom stereocenters. The molecule has 1 aliphatic carbocycles. The van der Waals surface area contributed by atoms with Gasteiger partial charge in [-0.1, -0.05) is 43.0 Å². The van der Waals surface area contributed by atoms with E-state index >= 15 is 0 Å². The Morgan fingerprint density at radius 3 is 2.42 bits per heavy atom. The molecule has 2 amide bonds. The maximum absolute atomic E-state index is 11.9. The topological polar surface area (TPSA) is 41.1 Å². The first kappa shape index (κ1) is 14.2. The summed E-state index contributed by atoms with van der Waals surface area (Å²) in [7, 11) is 0. The number of hydrogen-bond acceptors (Lipinski definition) is 1. The van der Waals surface area contributed by atoms with Crippen molar-refractivity contribution < 1.29 is 4.79 Å². The lowest BCUT2D eigenvalue weighted by molar-refractivity contribution is 0.203. The Bertz CT molecular complexity index is 424. The van der Waals surface area contributed by atoms with E-state index in [1.54, 1.807) is 0 Å². The molecule has 0 bridgehead atoms. The Morgan fingerprint density at radius 2 is 1.84 bits per heavy atom. The molecule has 0 unspecified atom stereocenters. The van der Waals surface area contributed by atoms with Gasteiger partial charge in [-0.3, -0.25) is 0 Å². The summed E-state index contributed by atoms with van der Waals surface area (Å²) >= 11 is 5.95. The number of amides is 2. The normalized spacial score (nSPS) is 17.8. The van der Waals surface area contributed by atoms with Gasteiger partial charge in [-0.15, -0.1) is 0 Å². The van der Waals surface area contributed by atoms with Crippen LogP contribution in [0, 0.1) is 0 Å². The first-order chi connectivity index (χ1) is 9.16. The summed E-state index contributed by atoms with van der Waals surface area (Å²) in [6.45, 7) is 2.57. The van der Waals surface area contributed by atoms with E-state index in [9.17, 15) is 4.79 Å². The fraction of sp³-hybridized carbons (Fsp3) is 0.533. The summed E-state index contributed by atoms with van der Waals surface area (Å²) in [4.78, 5) is 11.9. The van der Waals surface area contributed by atoms with Crippen molar-refractivity contribution in [3.63, 3.8) is 0 Å². The third kappa shape index (κ3) is 3.41. The van der Waals surface area contributed by atoms with Crippen LogP contribution in [0.15, 0.2) is 24.3 Å². The van der Waals surface area contributed by atoms with Crippen LogP contribution in [-0.4, -0.2) is 12.6 Å².